The molecule has 0 amide bonds. The Morgan fingerprint density at radius 2 is 2.15 bits per heavy atom. The lowest BCUT2D eigenvalue weighted by molar-refractivity contribution is 0.0813. The van der Waals surface area contributed by atoms with Crippen molar-refractivity contribution in [3.8, 4) is 0 Å². The van der Waals surface area contributed by atoms with Gasteiger partial charge in [0.25, 0.3) is 0 Å². The molecule has 26 heavy (non-hydrogen) atoms. The second-order valence-corrected chi connectivity index (χ2v) is 7.64. The van der Waals surface area contributed by atoms with Crippen LogP contribution in [0, 0.1) is 0 Å². The van der Waals surface area contributed by atoms with Gasteiger partial charge in [-0.25, -0.2) is 4.98 Å². The van der Waals surface area contributed by atoms with Crippen LogP contribution in [0.3, 0.4) is 0 Å². The van der Waals surface area contributed by atoms with E-state index in [1.165, 1.54) is 5.57 Å². The summed E-state index contributed by atoms with van der Waals surface area (Å²) >= 11 is 0. The van der Waals surface area contributed by atoms with E-state index in [1.54, 1.807) is 6.33 Å². The quantitative estimate of drug-likeness (QED) is 0.833. The van der Waals surface area contributed by atoms with E-state index in [2.05, 4.69) is 49.6 Å². The fraction of sp³-hybridized carbons (Fsp3) is 0.632. The molecule has 0 spiro atoms. The molecule has 1 fully saturated rings. The first-order chi connectivity index (χ1) is 12.7. The summed E-state index contributed by atoms with van der Waals surface area (Å²) in [5.41, 5.74) is 2.52. The van der Waals surface area contributed by atoms with Crippen LogP contribution >= 0.6 is 0 Å². The average molecular weight is 356 g/mol. The fourth-order valence-corrected chi connectivity index (χ4v) is 3.98. The van der Waals surface area contributed by atoms with Gasteiger partial charge in [-0.05, 0) is 26.7 Å². The van der Waals surface area contributed by atoms with Crippen LogP contribution in [-0.2, 0) is 17.7 Å². The summed E-state index contributed by atoms with van der Waals surface area (Å²) in [5.74, 6) is 2.69. The SMILES string of the molecule is CC(C)=CCN1Cc2nnc(C3CCOCC3)n2[C@H](Cc2cnc[nH]2)C1. The van der Waals surface area contributed by atoms with Crippen LogP contribution in [0.1, 0.15) is 56.0 Å². The van der Waals surface area contributed by atoms with Gasteiger partial charge >= 0.3 is 0 Å². The summed E-state index contributed by atoms with van der Waals surface area (Å²) in [6, 6.07) is 0.331. The van der Waals surface area contributed by atoms with Crippen molar-refractivity contribution in [2.75, 3.05) is 26.3 Å². The Morgan fingerprint density at radius 3 is 2.88 bits per heavy atom. The molecular formula is C19H28N6O. The minimum absolute atomic E-state index is 0.331. The minimum Gasteiger partial charge on any atom is -0.381 e. The Morgan fingerprint density at radius 1 is 1.31 bits per heavy atom. The molecule has 140 valence electrons. The van der Waals surface area contributed by atoms with Crippen molar-refractivity contribution >= 4 is 0 Å². The van der Waals surface area contributed by atoms with Crippen molar-refractivity contribution in [3.63, 3.8) is 0 Å². The van der Waals surface area contributed by atoms with Gasteiger partial charge in [0.05, 0.1) is 18.9 Å². The van der Waals surface area contributed by atoms with Crippen LogP contribution in [-0.4, -0.2) is 55.9 Å². The number of H-pyrrole nitrogens is 1. The maximum atomic E-state index is 5.54. The predicted octanol–water partition coefficient (Wildman–Crippen LogP) is 2.46. The molecule has 2 aromatic rings. The van der Waals surface area contributed by atoms with Gasteiger partial charge < -0.3 is 14.3 Å². The second-order valence-electron chi connectivity index (χ2n) is 7.64. The normalized spacial score (nSPS) is 21.5. The van der Waals surface area contributed by atoms with Crippen LogP contribution in [0.5, 0.6) is 0 Å². The number of aromatic amines is 1. The van der Waals surface area contributed by atoms with Gasteiger partial charge in [-0.3, -0.25) is 4.90 Å². The monoisotopic (exact) mass is 356 g/mol. The van der Waals surface area contributed by atoms with E-state index in [9.17, 15) is 0 Å². The highest BCUT2D eigenvalue weighted by molar-refractivity contribution is 5.11. The molecule has 7 heteroatoms. The first kappa shape index (κ1) is 17.4. The summed E-state index contributed by atoms with van der Waals surface area (Å²) < 4.78 is 7.95. The van der Waals surface area contributed by atoms with Crippen molar-refractivity contribution in [2.24, 2.45) is 0 Å². The van der Waals surface area contributed by atoms with Gasteiger partial charge in [0.15, 0.2) is 0 Å². The molecule has 2 aliphatic rings. The summed E-state index contributed by atoms with van der Waals surface area (Å²) in [6.45, 7) is 8.77. The Balaban J connectivity index is 1.62. The summed E-state index contributed by atoms with van der Waals surface area (Å²) in [7, 11) is 0. The average Bonchev–Trinajstić information content (AvgIpc) is 3.30. The Labute approximate surface area is 154 Å². The minimum atomic E-state index is 0.331. The van der Waals surface area contributed by atoms with Crippen molar-refractivity contribution in [2.45, 2.75) is 51.6 Å². The predicted molar refractivity (Wildman–Crippen MR) is 98.9 cm³/mol. The van der Waals surface area contributed by atoms with Crippen LogP contribution in [0.2, 0.25) is 0 Å². The first-order valence-corrected chi connectivity index (χ1v) is 9.55. The molecule has 0 aliphatic carbocycles. The third-order valence-corrected chi connectivity index (χ3v) is 5.35. The summed E-state index contributed by atoms with van der Waals surface area (Å²) in [4.78, 5) is 9.91. The van der Waals surface area contributed by atoms with Gasteiger partial charge in [-0.15, -0.1) is 10.2 Å². The molecule has 0 saturated carbocycles. The number of hydrogen-bond donors (Lipinski definition) is 1. The van der Waals surface area contributed by atoms with Crippen molar-refractivity contribution in [1.82, 2.24) is 29.6 Å². The highest BCUT2D eigenvalue weighted by Crippen LogP contribution is 2.32. The van der Waals surface area contributed by atoms with E-state index >= 15 is 0 Å². The lowest BCUT2D eigenvalue weighted by Gasteiger charge is -2.35. The summed E-state index contributed by atoms with van der Waals surface area (Å²) in [5, 5.41) is 9.19. The largest absolute Gasteiger partial charge is 0.381 e. The third kappa shape index (κ3) is 3.73. The number of allylic oxidation sites excluding steroid dienone is 1. The number of aromatic nitrogens is 5. The molecule has 0 aromatic carbocycles. The molecule has 2 aromatic heterocycles. The van der Waals surface area contributed by atoms with Crippen LogP contribution in [0.25, 0.3) is 0 Å². The van der Waals surface area contributed by atoms with Crippen LogP contribution in [0.4, 0.5) is 0 Å². The molecule has 0 radical (unpaired) electrons. The zero-order valence-corrected chi connectivity index (χ0v) is 15.7. The molecule has 0 bridgehead atoms. The highest BCUT2D eigenvalue weighted by atomic mass is 16.5. The molecule has 2 aliphatic heterocycles. The van der Waals surface area contributed by atoms with Gasteiger partial charge in [0.2, 0.25) is 0 Å². The Kier molecular flexibility index (Phi) is 5.17. The van der Waals surface area contributed by atoms with Crippen molar-refractivity contribution in [1.29, 1.82) is 0 Å². The van der Waals surface area contributed by atoms with E-state index in [4.69, 9.17) is 4.74 Å². The van der Waals surface area contributed by atoms with Gasteiger partial charge in [-0.1, -0.05) is 11.6 Å². The molecule has 4 rings (SSSR count). The molecule has 1 N–H and O–H groups in total. The molecule has 7 nitrogen and oxygen atoms in total. The zero-order valence-electron chi connectivity index (χ0n) is 15.7. The van der Waals surface area contributed by atoms with Crippen LogP contribution in [0.15, 0.2) is 24.2 Å². The Bertz CT molecular complexity index is 740. The van der Waals surface area contributed by atoms with Gasteiger partial charge in [0, 0.05) is 50.5 Å². The van der Waals surface area contributed by atoms with Crippen LogP contribution < -0.4 is 0 Å². The maximum Gasteiger partial charge on any atom is 0.147 e. The number of nitrogens with zero attached hydrogens (tertiary/aromatic N) is 5. The number of rotatable bonds is 5. The van der Waals surface area contributed by atoms with E-state index < -0.39 is 0 Å². The highest BCUT2D eigenvalue weighted by Gasteiger charge is 2.32. The Hall–Kier alpha value is -1.99. The second kappa shape index (κ2) is 7.72. The smallest absolute Gasteiger partial charge is 0.147 e. The van der Waals surface area contributed by atoms with Gasteiger partial charge in [-0.2, -0.15) is 0 Å². The third-order valence-electron chi connectivity index (χ3n) is 5.35. The van der Waals surface area contributed by atoms with Crippen molar-refractivity contribution < 1.29 is 4.74 Å². The number of imidazole rings is 1. The van der Waals surface area contributed by atoms with E-state index in [0.29, 0.717) is 12.0 Å². The number of nitrogens with one attached hydrogen (secondary N) is 1. The topological polar surface area (TPSA) is 71.9 Å². The molecule has 1 saturated heterocycles. The standard InChI is InChI=1S/C19H28N6O/c1-14(2)3-6-24-11-17(9-16-10-20-13-21-16)25-18(12-24)22-23-19(25)15-4-7-26-8-5-15/h3,10,13,15,17H,4-9,11-12H2,1-2H3,(H,20,21)/t17-/m1/s1. The number of ether oxygens (including phenoxy) is 1. The molecule has 4 heterocycles. The van der Waals surface area contributed by atoms with Gasteiger partial charge in [0.1, 0.15) is 11.6 Å². The van der Waals surface area contributed by atoms with Crippen molar-refractivity contribution in [3.05, 3.63) is 41.5 Å². The van der Waals surface area contributed by atoms with E-state index in [-0.39, 0.29) is 0 Å². The molecule has 1 atom stereocenters. The molecular weight excluding hydrogens is 328 g/mol. The maximum absolute atomic E-state index is 5.54. The number of hydrogen-bond acceptors (Lipinski definition) is 5. The summed E-state index contributed by atoms with van der Waals surface area (Å²) in [6.07, 6.45) is 8.97. The van der Waals surface area contributed by atoms with E-state index in [1.807, 2.05) is 6.20 Å². The molecule has 0 unspecified atom stereocenters. The fourth-order valence-electron chi connectivity index (χ4n) is 3.98. The first-order valence-electron chi connectivity index (χ1n) is 9.55. The number of fused-ring (bicyclic) bond motifs is 1. The lowest BCUT2D eigenvalue weighted by atomic mass is 9.98. The zero-order chi connectivity index (χ0) is 17.9. The van der Waals surface area contributed by atoms with E-state index in [0.717, 1.165) is 69.5 Å². The lowest BCUT2D eigenvalue weighted by Crippen LogP contribution is -2.39.